The molecule has 4 aliphatic rings. The van der Waals surface area contributed by atoms with Gasteiger partial charge in [0.15, 0.2) is 14.1 Å². The fourth-order valence-electron chi connectivity index (χ4n) is 6.61. The molecule has 0 N–H and O–H groups in total. The minimum absolute atomic E-state index is 0.0687. The Morgan fingerprint density at radius 3 is 2.69 bits per heavy atom. The fourth-order valence-corrected chi connectivity index (χ4v) is 8.05. The molecule has 2 nitrogen and oxygen atoms in total. The van der Waals surface area contributed by atoms with Crippen molar-refractivity contribution in [3.8, 4) is 12.3 Å². The van der Waals surface area contributed by atoms with E-state index in [2.05, 4.69) is 44.6 Å². The molecular formula is C23H32O2Si. The third-order valence-electron chi connectivity index (χ3n) is 7.70. The molecule has 2 fully saturated rings. The minimum atomic E-state index is -1.73. The molecule has 26 heavy (non-hydrogen) atoms. The number of ketones is 1. The van der Waals surface area contributed by atoms with Crippen molar-refractivity contribution in [1.29, 1.82) is 0 Å². The molecule has 0 aliphatic heterocycles. The Morgan fingerprint density at radius 1 is 1.23 bits per heavy atom. The van der Waals surface area contributed by atoms with Crippen LogP contribution in [0.5, 0.6) is 0 Å². The lowest BCUT2D eigenvalue weighted by atomic mass is 9.52. The van der Waals surface area contributed by atoms with E-state index in [-0.39, 0.29) is 11.0 Å². The molecule has 0 aromatic rings. The second-order valence-corrected chi connectivity index (χ2v) is 14.6. The maximum Gasteiger partial charge on any atom is 0.185 e. The van der Waals surface area contributed by atoms with Crippen LogP contribution >= 0.6 is 0 Å². The molecule has 0 heterocycles. The van der Waals surface area contributed by atoms with E-state index in [1.807, 2.05) is 6.08 Å². The van der Waals surface area contributed by atoms with Crippen molar-refractivity contribution >= 4 is 14.1 Å². The van der Waals surface area contributed by atoms with E-state index in [4.69, 9.17) is 10.8 Å². The summed E-state index contributed by atoms with van der Waals surface area (Å²) in [7, 11) is -1.73. The summed E-state index contributed by atoms with van der Waals surface area (Å²) in [6.07, 6.45) is 19.0. The molecule has 140 valence electrons. The Bertz CT molecular complexity index is 721. The molecule has 0 bridgehead atoms. The van der Waals surface area contributed by atoms with Gasteiger partial charge in [-0.1, -0.05) is 25.0 Å². The van der Waals surface area contributed by atoms with Gasteiger partial charge in [0.05, 0.1) is 0 Å². The van der Waals surface area contributed by atoms with Gasteiger partial charge in [-0.15, -0.1) is 6.42 Å². The van der Waals surface area contributed by atoms with Gasteiger partial charge < -0.3 is 4.43 Å². The molecule has 0 aromatic heterocycles. The lowest BCUT2D eigenvalue weighted by Gasteiger charge is -2.55. The Balaban J connectivity index is 1.68. The zero-order valence-electron chi connectivity index (χ0n) is 16.7. The van der Waals surface area contributed by atoms with Crippen molar-refractivity contribution in [3.05, 3.63) is 23.8 Å². The molecule has 4 aliphatic carbocycles. The zero-order chi connectivity index (χ0) is 18.7. The molecule has 2 saturated carbocycles. The highest BCUT2D eigenvalue weighted by Gasteiger charge is 2.63. The molecule has 0 saturated heterocycles. The van der Waals surface area contributed by atoms with E-state index in [0.29, 0.717) is 29.5 Å². The zero-order valence-corrected chi connectivity index (χ0v) is 17.7. The van der Waals surface area contributed by atoms with Crippen LogP contribution in [0.1, 0.15) is 45.4 Å². The number of rotatable bonds is 2. The number of carbonyl (C=O) groups excluding carboxylic acids is 1. The average Bonchev–Trinajstić information content (AvgIpc) is 2.86. The summed E-state index contributed by atoms with van der Waals surface area (Å²) in [5.41, 5.74) is 0.962. The normalized spacial score (nSPS) is 44.6. The van der Waals surface area contributed by atoms with E-state index in [0.717, 1.165) is 25.7 Å². The Labute approximate surface area is 159 Å². The molecule has 0 amide bonds. The first-order valence-corrected chi connectivity index (χ1v) is 13.7. The fraction of sp³-hybridized carbons (Fsp3) is 0.696. The first-order valence-electron chi connectivity index (χ1n) is 10.3. The predicted octanol–water partition coefficient (Wildman–Crippen LogP) is 5.13. The monoisotopic (exact) mass is 368 g/mol. The van der Waals surface area contributed by atoms with E-state index < -0.39 is 8.32 Å². The number of fused-ring (bicyclic) bond motifs is 5. The van der Waals surface area contributed by atoms with Crippen LogP contribution in [0.15, 0.2) is 23.8 Å². The van der Waals surface area contributed by atoms with Crippen molar-refractivity contribution in [3.63, 3.8) is 0 Å². The smallest absolute Gasteiger partial charge is 0.185 e. The molecule has 6 atom stereocenters. The molecule has 3 heteroatoms. The summed E-state index contributed by atoms with van der Waals surface area (Å²) in [4.78, 5) is 11.8. The van der Waals surface area contributed by atoms with Crippen molar-refractivity contribution < 1.29 is 9.22 Å². The van der Waals surface area contributed by atoms with Crippen LogP contribution in [0.25, 0.3) is 0 Å². The average molecular weight is 369 g/mol. The molecule has 0 unspecified atom stereocenters. The standard InChI is InChI=1S/C23H32O2Si/c1-6-23(25-26(3,4)5)14-12-21-20-9-7-16-15-17(24)8-10-18(16)19(20)11-13-22(21,23)2/h1,7,9,15,18-21H,8,10-14H2,2-5H3/t18-,19+,20+,21-,22-,23-/m0/s1. The summed E-state index contributed by atoms with van der Waals surface area (Å²) in [6.45, 7) is 9.17. The number of allylic oxidation sites excluding steroid dienone is 4. The topological polar surface area (TPSA) is 26.3 Å². The first-order chi connectivity index (χ1) is 12.2. The van der Waals surface area contributed by atoms with Crippen LogP contribution in [0.3, 0.4) is 0 Å². The van der Waals surface area contributed by atoms with E-state index in [1.54, 1.807) is 0 Å². The van der Waals surface area contributed by atoms with Gasteiger partial charge in [-0.3, -0.25) is 4.79 Å². The highest BCUT2D eigenvalue weighted by Crippen LogP contribution is 2.64. The van der Waals surface area contributed by atoms with Gasteiger partial charge >= 0.3 is 0 Å². The maximum atomic E-state index is 11.8. The van der Waals surface area contributed by atoms with Gasteiger partial charge in [0.2, 0.25) is 0 Å². The lowest BCUT2D eigenvalue weighted by Crippen LogP contribution is -2.55. The number of hydrogen-bond donors (Lipinski definition) is 0. The van der Waals surface area contributed by atoms with Crippen molar-refractivity contribution in [1.82, 2.24) is 0 Å². The summed E-state index contributed by atoms with van der Waals surface area (Å²) in [6, 6.07) is 0. The lowest BCUT2D eigenvalue weighted by molar-refractivity contribution is -0.115. The van der Waals surface area contributed by atoms with E-state index in [9.17, 15) is 4.79 Å². The van der Waals surface area contributed by atoms with E-state index in [1.165, 1.54) is 18.4 Å². The number of hydrogen-bond acceptors (Lipinski definition) is 2. The second kappa shape index (κ2) is 5.94. The molecular weight excluding hydrogens is 336 g/mol. The number of terminal acetylenes is 1. The molecule has 0 aromatic carbocycles. The quantitative estimate of drug-likeness (QED) is 0.499. The Hall–Kier alpha value is -1.11. The van der Waals surface area contributed by atoms with Gasteiger partial charge in [-0.25, -0.2) is 0 Å². The molecule has 0 spiro atoms. The van der Waals surface area contributed by atoms with Crippen LogP contribution in [0.4, 0.5) is 0 Å². The van der Waals surface area contributed by atoms with Crippen molar-refractivity contribution in [2.45, 2.75) is 70.7 Å². The van der Waals surface area contributed by atoms with Gasteiger partial charge in [0.1, 0.15) is 5.60 Å². The molecule has 4 rings (SSSR count). The van der Waals surface area contributed by atoms with Crippen LogP contribution in [-0.2, 0) is 9.22 Å². The highest BCUT2D eigenvalue weighted by atomic mass is 28.4. The summed E-state index contributed by atoms with van der Waals surface area (Å²) >= 11 is 0. The summed E-state index contributed by atoms with van der Waals surface area (Å²) in [5, 5.41) is 0. The van der Waals surface area contributed by atoms with Gasteiger partial charge in [0, 0.05) is 11.8 Å². The summed E-state index contributed by atoms with van der Waals surface area (Å²) in [5.74, 6) is 5.91. The summed E-state index contributed by atoms with van der Waals surface area (Å²) < 4.78 is 6.73. The van der Waals surface area contributed by atoms with Gasteiger partial charge in [0.25, 0.3) is 0 Å². The third kappa shape index (κ3) is 2.60. The van der Waals surface area contributed by atoms with Gasteiger partial charge in [-0.2, -0.15) is 0 Å². The Morgan fingerprint density at radius 2 is 2.00 bits per heavy atom. The van der Waals surface area contributed by atoms with Crippen LogP contribution in [0, 0.1) is 41.4 Å². The second-order valence-electron chi connectivity index (χ2n) is 10.1. The minimum Gasteiger partial charge on any atom is -0.401 e. The van der Waals surface area contributed by atoms with Crippen LogP contribution in [0.2, 0.25) is 19.6 Å². The van der Waals surface area contributed by atoms with Crippen molar-refractivity contribution in [2.75, 3.05) is 0 Å². The van der Waals surface area contributed by atoms with E-state index >= 15 is 0 Å². The number of carbonyl (C=O) groups is 1. The van der Waals surface area contributed by atoms with Gasteiger partial charge in [-0.05, 0) is 87.1 Å². The molecule has 0 radical (unpaired) electrons. The SMILES string of the molecule is C#C[C@]1(O[Si](C)(C)C)CC[C@H]2[C@@H]3C=CC4=CC(=O)CC[C@@H]4[C@H]3CC[C@@]21C. The highest BCUT2D eigenvalue weighted by molar-refractivity contribution is 6.69. The first kappa shape index (κ1) is 18.3. The van der Waals surface area contributed by atoms with Crippen molar-refractivity contribution in [2.24, 2.45) is 29.1 Å². The third-order valence-corrected chi connectivity index (χ3v) is 8.66. The predicted molar refractivity (Wildman–Crippen MR) is 108 cm³/mol. The van der Waals surface area contributed by atoms with Crippen LogP contribution in [-0.4, -0.2) is 19.7 Å². The largest absolute Gasteiger partial charge is 0.401 e. The maximum absolute atomic E-state index is 11.8. The Kier molecular flexibility index (Phi) is 4.17. The van der Waals surface area contributed by atoms with Crippen LogP contribution < -0.4 is 0 Å².